The van der Waals surface area contributed by atoms with E-state index in [9.17, 15) is 24.0 Å². The third-order valence-electron chi connectivity index (χ3n) is 8.76. The zero-order valence-corrected chi connectivity index (χ0v) is 28.8. The van der Waals surface area contributed by atoms with E-state index in [1.165, 1.54) is 13.8 Å². The molecule has 14 heteroatoms. The Hall–Kier alpha value is -4.40. The minimum atomic E-state index is -1.77. The molecule has 0 saturated carbocycles. The van der Waals surface area contributed by atoms with Crippen molar-refractivity contribution in [2.24, 2.45) is 0 Å². The number of fused-ring (bicyclic) bond motifs is 5. The van der Waals surface area contributed by atoms with Crippen LogP contribution in [0.4, 0.5) is 0 Å². The van der Waals surface area contributed by atoms with Crippen molar-refractivity contribution in [3.63, 3.8) is 0 Å². The van der Waals surface area contributed by atoms with Gasteiger partial charge in [0.2, 0.25) is 5.60 Å². The van der Waals surface area contributed by atoms with Gasteiger partial charge in [0, 0.05) is 42.1 Å². The molecule has 0 aliphatic carbocycles. The maximum Gasteiger partial charge on any atom is 0.355 e. The molecule has 0 spiro atoms. The third-order valence-corrected chi connectivity index (χ3v) is 9.32. The quantitative estimate of drug-likeness (QED) is 0.0941. The zero-order valence-electron chi connectivity index (χ0n) is 27.2. The molecule has 0 saturated heterocycles. The van der Waals surface area contributed by atoms with E-state index in [0.717, 1.165) is 16.5 Å². The van der Waals surface area contributed by atoms with Gasteiger partial charge in [0.05, 0.1) is 35.6 Å². The summed E-state index contributed by atoms with van der Waals surface area (Å²) in [6.07, 6.45) is 1.49. The lowest BCUT2D eigenvalue weighted by Gasteiger charge is -2.35. The molecule has 0 fully saturated rings. The molecule has 13 nitrogen and oxygen atoms in total. The van der Waals surface area contributed by atoms with Gasteiger partial charge >= 0.3 is 23.9 Å². The zero-order chi connectivity index (χ0) is 34.9. The number of halogens is 1. The summed E-state index contributed by atoms with van der Waals surface area (Å²) < 4.78 is 35.6. The van der Waals surface area contributed by atoms with Crippen LogP contribution in [0.25, 0.3) is 22.3 Å². The first-order chi connectivity index (χ1) is 23.6. The number of carbonyl (C=O) groups excluding carboxylic acids is 4. The average molecular weight is 740 g/mol. The molecular formula is C35H35BrN2O11. The molecule has 0 bridgehead atoms. The fraction of sp³-hybridized carbons (Fsp3) is 0.429. The number of alkyl halides is 1. The van der Waals surface area contributed by atoms with E-state index >= 15 is 0 Å². The Morgan fingerprint density at radius 1 is 1.10 bits per heavy atom. The standard InChI is InChI=1S/C35H35BrN2O11/c1-4-35(49-30(41)10-7-13-36)25-14-27-32-22(15-38(27)33(42)24(25)17-46-34(35)43)23(21-8-5-6-9-26(21)37-32)16-45-31-12-11-28(47-20(3)40)29(48-31)18-44-19(2)39/h5-6,8-9,11-12,14,28-29,31H,4,7,10,13,15-18H2,1-3H3/t28-,29+,31-,35-/m0/s1. The van der Waals surface area contributed by atoms with Crippen molar-refractivity contribution >= 4 is 50.7 Å². The van der Waals surface area contributed by atoms with Crippen LogP contribution in [0.3, 0.4) is 0 Å². The van der Waals surface area contributed by atoms with Gasteiger partial charge in [-0.3, -0.25) is 19.2 Å². The fourth-order valence-electron chi connectivity index (χ4n) is 6.41. The number of hydrogen-bond donors (Lipinski definition) is 0. The van der Waals surface area contributed by atoms with Gasteiger partial charge in [0.25, 0.3) is 5.56 Å². The van der Waals surface area contributed by atoms with Gasteiger partial charge in [0.15, 0.2) is 6.29 Å². The highest BCUT2D eigenvalue weighted by atomic mass is 79.9. The van der Waals surface area contributed by atoms with Crippen LogP contribution in [0.5, 0.6) is 0 Å². The van der Waals surface area contributed by atoms with Crippen molar-refractivity contribution in [1.29, 1.82) is 0 Å². The third kappa shape index (κ3) is 6.64. The van der Waals surface area contributed by atoms with Crippen molar-refractivity contribution in [3.8, 4) is 11.4 Å². The molecule has 6 rings (SSSR count). The van der Waals surface area contributed by atoms with E-state index < -0.39 is 48.0 Å². The Bertz CT molecular complexity index is 1920. The van der Waals surface area contributed by atoms with Crippen LogP contribution in [0, 0.1) is 0 Å². The molecule has 2 aromatic heterocycles. The molecule has 5 heterocycles. The summed E-state index contributed by atoms with van der Waals surface area (Å²) in [5, 5.41) is 1.40. The molecule has 4 atom stereocenters. The van der Waals surface area contributed by atoms with Gasteiger partial charge in [-0.2, -0.15) is 0 Å². The number of pyridine rings is 2. The number of aromatic nitrogens is 2. The predicted octanol–water partition coefficient (Wildman–Crippen LogP) is 4.10. The Balaban J connectivity index is 1.37. The van der Waals surface area contributed by atoms with Crippen LogP contribution in [0.15, 0.2) is 47.3 Å². The monoisotopic (exact) mass is 738 g/mol. The summed E-state index contributed by atoms with van der Waals surface area (Å²) in [5.41, 5.74) is 1.60. The number of cyclic esters (lactones) is 1. The van der Waals surface area contributed by atoms with Crippen molar-refractivity contribution < 1.29 is 47.6 Å². The number of benzene rings is 1. The molecule has 0 N–H and O–H groups in total. The van der Waals surface area contributed by atoms with E-state index in [1.807, 2.05) is 24.3 Å². The second-order valence-corrected chi connectivity index (χ2v) is 12.7. The number of para-hydroxylation sites is 1. The van der Waals surface area contributed by atoms with Gasteiger partial charge in [-0.15, -0.1) is 0 Å². The lowest BCUT2D eigenvalue weighted by Crippen LogP contribution is -2.47. The number of carbonyl (C=O) groups is 4. The van der Waals surface area contributed by atoms with E-state index in [0.29, 0.717) is 34.2 Å². The van der Waals surface area contributed by atoms with E-state index in [-0.39, 0.29) is 50.3 Å². The highest BCUT2D eigenvalue weighted by Gasteiger charge is 2.50. The smallest absolute Gasteiger partial charge is 0.355 e. The Labute approximate surface area is 289 Å². The summed E-state index contributed by atoms with van der Waals surface area (Å²) in [6.45, 7) is 4.09. The number of esters is 4. The highest BCUT2D eigenvalue weighted by molar-refractivity contribution is 9.09. The highest BCUT2D eigenvalue weighted by Crippen LogP contribution is 2.42. The van der Waals surface area contributed by atoms with E-state index in [4.69, 9.17) is 33.4 Å². The molecule has 0 radical (unpaired) electrons. The first-order valence-electron chi connectivity index (χ1n) is 15.9. The molecule has 1 aromatic carbocycles. The van der Waals surface area contributed by atoms with Gasteiger partial charge in [-0.25, -0.2) is 9.78 Å². The van der Waals surface area contributed by atoms with Crippen LogP contribution in [0.2, 0.25) is 0 Å². The van der Waals surface area contributed by atoms with Crippen LogP contribution in [-0.2, 0) is 73.0 Å². The molecular weight excluding hydrogens is 704 g/mol. The molecule has 0 unspecified atom stereocenters. The maximum absolute atomic E-state index is 14.1. The minimum Gasteiger partial charge on any atom is -0.463 e. The first-order valence-corrected chi connectivity index (χ1v) is 17.1. The molecule has 3 aromatic rings. The average Bonchev–Trinajstić information content (AvgIpc) is 3.45. The maximum atomic E-state index is 14.1. The fourth-order valence-corrected chi connectivity index (χ4v) is 6.69. The van der Waals surface area contributed by atoms with Crippen LogP contribution < -0.4 is 5.56 Å². The molecule has 3 aliphatic heterocycles. The minimum absolute atomic E-state index is 0.0486. The Morgan fingerprint density at radius 2 is 1.90 bits per heavy atom. The van der Waals surface area contributed by atoms with E-state index in [2.05, 4.69) is 15.9 Å². The van der Waals surface area contributed by atoms with Crippen LogP contribution >= 0.6 is 15.9 Å². The number of nitrogens with zero attached hydrogens (tertiary/aromatic N) is 2. The Kier molecular flexibility index (Phi) is 10.00. The summed E-state index contributed by atoms with van der Waals surface area (Å²) in [5.74, 6) is -2.31. The normalized spacial score (nSPS) is 22.1. The van der Waals surface area contributed by atoms with E-state index in [1.54, 1.807) is 29.7 Å². The number of rotatable bonds is 11. The number of ether oxygens (including phenoxy) is 6. The van der Waals surface area contributed by atoms with Gasteiger partial charge in [-0.1, -0.05) is 41.1 Å². The molecule has 258 valence electrons. The first kappa shape index (κ1) is 34.5. The molecule has 49 heavy (non-hydrogen) atoms. The Morgan fingerprint density at radius 3 is 2.63 bits per heavy atom. The molecule has 0 amide bonds. The lowest BCUT2D eigenvalue weighted by molar-refractivity contribution is -0.200. The number of hydrogen-bond acceptors (Lipinski definition) is 12. The van der Waals surface area contributed by atoms with Gasteiger partial charge < -0.3 is 33.0 Å². The summed E-state index contributed by atoms with van der Waals surface area (Å²) >= 11 is 3.31. The summed E-state index contributed by atoms with van der Waals surface area (Å²) in [4.78, 5) is 68.3. The van der Waals surface area contributed by atoms with Gasteiger partial charge in [0.1, 0.15) is 25.4 Å². The van der Waals surface area contributed by atoms with Crippen LogP contribution in [0.1, 0.15) is 62.3 Å². The largest absolute Gasteiger partial charge is 0.463 e. The topological polar surface area (TPSA) is 159 Å². The predicted molar refractivity (Wildman–Crippen MR) is 176 cm³/mol. The summed E-state index contributed by atoms with van der Waals surface area (Å²) in [7, 11) is 0. The molecule has 3 aliphatic rings. The van der Waals surface area contributed by atoms with Crippen molar-refractivity contribution in [2.75, 3.05) is 11.9 Å². The van der Waals surface area contributed by atoms with Crippen LogP contribution in [-0.4, -0.2) is 63.9 Å². The van der Waals surface area contributed by atoms with Crippen molar-refractivity contribution in [2.45, 2.75) is 83.9 Å². The second-order valence-electron chi connectivity index (χ2n) is 11.9. The van der Waals surface area contributed by atoms with Gasteiger partial charge in [-0.05, 0) is 42.7 Å². The summed E-state index contributed by atoms with van der Waals surface area (Å²) in [6, 6.07) is 9.22. The van der Waals surface area contributed by atoms with Crippen molar-refractivity contribution in [1.82, 2.24) is 9.55 Å². The van der Waals surface area contributed by atoms with Crippen molar-refractivity contribution in [3.05, 3.63) is 75.1 Å². The second kappa shape index (κ2) is 14.2. The lowest BCUT2D eigenvalue weighted by atomic mass is 9.85. The SMILES string of the molecule is CC[C@@]1(OC(=O)CCCBr)C(=O)OCc2c1cc1n(c2=O)Cc2c-1nc1ccccc1c2CO[C@@H]1C=C[C@H](OC(C)=O)[C@@H](COC(C)=O)O1.